The summed E-state index contributed by atoms with van der Waals surface area (Å²) >= 11 is 0. The Kier molecular flexibility index (Phi) is 8.09. The van der Waals surface area contributed by atoms with Crippen LogP contribution in [0.15, 0.2) is 200 Å². The highest BCUT2D eigenvalue weighted by Crippen LogP contribution is 2.39. The minimum absolute atomic E-state index is 0.152. The van der Waals surface area contributed by atoms with E-state index in [2.05, 4.69) is 211 Å². The Hall–Kier alpha value is -6.18. The van der Waals surface area contributed by atoms with Gasteiger partial charge in [-0.3, -0.25) is 0 Å². The molecule has 1 nitrogen and oxygen atoms in total. The molecule has 0 bridgehead atoms. The molecule has 0 amide bonds. The molecule has 8 aromatic rings. The van der Waals surface area contributed by atoms with Crippen molar-refractivity contribution in [2.24, 2.45) is 0 Å². The number of anilines is 3. The van der Waals surface area contributed by atoms with Crippen LogP contribution in [0.5, 0.6) is 0 Å². The van der Waals surface area contributed by atoms with Crippen LogP contribution in [0.4, 0.5) is 17.1 Å². The first kappa shape index (κ1) is 29.2. The second-order valence-electron chi connectivity index (χ2n) is 12.2. The van der Waals surface area contributed by atoms with Crippen molar-refractivity contribution in [3.05, 3.63) is 217 Å². The quantitative estimate of drug-likeness (QED) is 0.165. The summed E-state index contributed by atoms with van der Waals surface area (Å²) in [5.41, 5.74) is 9.61. The third-order valence-electron chi connectivity index (χ3n) is 9.19. The average molecular weight is 614 g/mol. The predicted molar refractivity (Wildman–Crippen MR) is 205 cm³/mol. The molecule has 48 heavy (non-hydrogen) atoms. The van der Waals surface area contributed by atoms with Crippen molar-refractivity contribution in [2.75, 3.05) is 4.90 Å². The van der Waals surface area contributed by atoms with Crippen molar-refractivity contribution in [3.63, 3.8) is 0 Å². The van der Waals surface area contributed by atoms with Gasteiger partial charge in [-0.2, -0.15) is 0 Å². The van der Waals surface area contributed by atoms with Gasteiger partial charge < -0.3 is 4.90 Å². The number of benzene rings is 8. The maximum atomic E-state index is 2.35. The molecular formula is C47H35N. The molecule has 1 heteroatoms. The lowest BCUT2D eigenvalue weighted by Crippen LogP contribution is -2.10. The van der Waals surface area contributed by atoms with E-state index in [0.29, 0.717) is 0 Å². The van der Waals surface area contributed by atoms with E-state index >= 15 is 0 Å². The molecule has 228 valence electrons. The van der Waals surface area contributed by atoms with Crippen molar-refractivity contribution < 1.29 is 0 Å². The second-order valence-corrected chi connectivity index (χ2v) is 12.2. The Bertz CT molecular complexity index is 2310. The van der Waals surface area contributed by atoms with Gasteiger partial charge in [-0.05, 0) is 74.3 Å². The fourth-order valence-corrected chi connectivity index (χ4v) is 6.78. The van der Waals surface area contributed by atoms with E-state index in [4.69, 9.17) is 0 Å². The fraction of sp³-hybridized carbons (Fsp3) is 0.0213. The van der Waals surface area contributed by atoms with Crippen LogP contribution in [-0.2, 0) is 0 Å². The number of fused-ring (bicyclic) bond motifs is 2. The van der Waals surface area contributed by atoms with Gasteiger partial charge in [-0.1, -0.05) is 176 Å². The largest absolute Gasteiger partial charge is 0.310 e. The molecule has 1 unspecified atom stereocenters. The third kappa shape index (κ3) is 5.90. The summed E-state index contributed by atoms with van der Waals surface area (Å²) in [6.07, 6.45) is 4.60. The first-order valence-electron chi connectivity index (χ1n) is 16.6. The van der Waals surface area contributed by atoms with E-state index in [1.807, 2.05) is 0 Å². The topological polar surface area (TPSA) is 3.24 Å². The zero-order valence-corrected chi connectivity index (χ0v) is 26.7. The number of rotatable bonds is 8. The highest BCUT2D eigenvalue weighted by Gasteiger charge is 2.16. The third-order valence-corrected chi connectivity index (χ3v) is 9.19. The summed E-state index contributed by atoms with van der Waals surface area (Å²) in [6, 6.07) is 69.6. The monoisotopic (exact) mass is 613 g/mol. The van der Waals surface area contributed by atoms with Gasteiger partial charge in [0, 0.05) is 22.7 Å². The maximum Gasteiger partial charge on any atom is 0.0540 e. The number of hydrogen-bond donors (Lipinski definition) is 0. The molecule has 0 aliphatic carbocycles. The Morgan fingerprint density at radius 2 is 0.917 bits per heavy atom. The minimum atomic E-state index is 0.152. The van der Waals surface area contributed by atoms with E-state index < -0.39 is 0 Å². The van der Waals surface area contributed by atoms with Gasteiger partial charge in [0.25, 0.3) is 0 Å². The van der Waals surface area contributed by atoms with E-state index in [9.17, 15) is 0 Å². The van der Waals surface area contributed by atoms with Crippen LogP contribution in [-0.4, -0.2) is 0 Å². The van der Waals surface area contributed by atoms with E-state index in [-0.39, 0.29) is 5.92 Å². The summed E-state index contributed by atoms with van der Waals surface area (Å²) in [7, 11) is 0. The number of para-hydroxylation sites is 1. The van der Waals surface area contributed by atoms with Crippen molar-refractivity contribution in [2.45, 2.75) is 5.92 Å². The highest BCUT2D eigenvalue weighted by atomic mass is 15.1. The molecule has 0 spiro atoms. The molecule has 1 atom stereocenters. The zero-order chi connectivity index (χ0) is 32.1. The van der Waals surface area contributed by atoms with Crippen LogP contribution in [0.2, 0.25) is 0 Å². The lowest BCUT2D eigenvalue weighted by Gasteiger charge is -2.27. The van der Waals surface area contributed by atoms with Gasteiger partial charge in [0.15, 0.2) is 0 Å². The Labute approximate surface area is 282 Å². The molecular weight excluding hydrogens is 579 g/mol. The second kappa shape index (κ2) is 13.3. The number of nitrogens with zero attached hydrogens (tertiary/aromatic N) is 1. The fourth-order valence-electron chi connectivity index (χ4n) is 6.78. The van der Waals surface area contributed by atoms with E-state index in [0.717, 1.165) is 11.4 Å². The van der Waals surface area contributed by atoms with Gasteiger partial charge in [0.05, 0.1) is 5.69 Å². The van der Waals surface area contributed by atoms with Crippen LogP contribution in [0.25, 0.3) is 38.7 Å². The summed E-state index contributed by atoms with van der Waals surface area (Å²) in [4.78, 5) is 2.35. The first-order chi connectivity index (χ1) is 23.8. The Balaban J connectivity index is 1.09. The van der Waals surface area contributed by atoms with Crippen molar-refractivity contribution in [3.8, 4) is 11.1 Å². The summed E-state index contributed by atoms with van der Waals surface area (Å²) in [5.74, 6) is 0.152. The molecule has 0 N–H and O–H groups in total. The van der Waals surface area contributed by atoms with Crippen molar-refractivity contribution >= 4 is 44.7 Å². The van der Waals surface area contributed by atoms with Crippen LogP contribution >= 0.6 is 0 Å². The van der Waals surface area contributed by atoms with E-state index in [1.54, 1.807) is 0 Å². The predicted octanol–water partition coefficient (Wildman–Crippen LogP) is 13.0. The van der Waals surface area contributed by atoms with Crippen molar-refractivity contribution in [1.29, 1.82) is 0 Å². The average Bonchev–Trinajstić information content (AvgIpc) is 3.17. The first-order valence-corrected chi connectivity index (χ1v) is 16.6. The summed E-state index contributed by atoms with van der Waals surface area (Å²) in [6.45, 7) is 0. The molecule has 8 aromatic carbocycles. The zero-order valence-electron chi connectivity index (χ0n) is 26.7. The van der Waals surface area contributed by atoms with Crippen LogP contribution in [0, 0.1) is 0 Å². The molecule has 8 rings (SSSR count). The highest BCUT2D eigenvalue weighted by molar-refractivity contribution is 5.99. The lowest BCUT2D eigenvalue weighted by atomic mass is 9.87. The Morgan fingerprint density at radius 3 is 1.62 bits per heavy atom. The van der Waals surface area contributed by atoms with E-state index in [1.165, 1.54) is 55.0 Å². The van der Waals surface area contributed by atoms with Crippen molar-refractivity contribution in [1.82, 2.24) is 0 Å². The normalized spacial score (nSPS) is 12.0. The van der Waals surface area contributed by atoms with Gasteiger partial charge in [0.2, 0.25) is 0 Å². The summed E-state index contributed by atoms with van der Waals surface area (Å²) < 4.78 is 0. The van der Waals surface area contributed by atoms with Gasteiger partial charge in [0.1, 0.15) is 0 Å². The smallest absolute Gasteiger partial charge is 0.0540 e. The molecule has 0 saturated heterocycles. The number of hydrogen-bond acceptors (Lipinski definition) is 1. The number of allylic oxidation sites excluding steroid dienone is 1. The summed E-state index contributed by atoms with van der Waals surface area (Å²) in [5, 5.41) is 5.02. The molecule has 0 fully saturated rings. The maximum absolute atomic E-state index is 2.35. The standard InChI is InChI=1S/C47H35N/c1-3-13-38(14-4-1)44(46-23-11-17-39-15-7-9-21-43(39)46)34-27-35-25-28-36(29-26-35)37-30-32-42(33-31-37)48(41-19-5-2-6-20-41)47-24-12-18-40-16-8-10-22-45(40)47/h1-34,44H/b34-27+. The van der Waals surface area contributed by atoms with Gasteiger partial charge in [-0.25, -0.2) is 0 Å². The minimum Gasteiger partial charge on any atom is -0.310 e. The molecule has 0 saturated carbocycles. The Morgan fingerprint density at radius 1 is 0.396 bits per heavy atom. The molecule has 0 radical (unpaired) electrons. The van der Waals surface area contributed by atoms with Gasteiger partial charge in [-0.15, -0.1) is 0 Å². The molecule has 0 heterocycles. The molecule has 0 aliphatic rings. The molecule has 0 aromatic heterocycles. The lowest BCUT2D eigenvalue weighted by molar-refractivity contribution is 1.05. The SMILES string of the molecule is C(=C\C(c1ccccc1)c1cccc2ccccc12)/c1ccc(-c2ccc(N(c3ccccc3)c3cccc4ccccc34)cc2)cc1. The van der Waals surface area contributed by atoms with Gasteiger partial charge >= 0.3 is 0 Å². The molecule has 0 aliphatic heterocycles. The van der Waals surface area contributed by atoms with Crippen LogP contribution < -0.4 is 4.90 Å². The van der Waals surface area contributed by atoms with Crippen LogP contribution in [0.1, 0.15) is 22.6 Å². The van der Waals surface area contributed by atoms with Crippen LogP contribution in [0.3, 0.4) is 0 Å².